The molecule has 0 spiro atoms. The van der Waals surface area contributed by atoms with Crippen LogP contribution in [-0.2, 0) is 6.42 Å². The van der Waals surface area contributed by atoms with Gasteiger partial charge < -0.3 is 15.7 Å². The van der Waals surface area contributed by atoms with Crippen LogP contribution in [0.3, 0.4) is 0 Å². The molecule has 3 N–H and O–H groups in total. The molecule has 0 amide bonds. The maximum absolute atomic E-state index is 8.65. The molecule has 2 rings (SSSR count). The minimum absolute atomic E-state index is 0.0237. The fraction of sp³-hybridized carbons (Fsp3) is 0.200. The van der Waals surface area contributed by atoms with Gasteiger partial charge in [0.15, 0.2) is 5.84 Å². The van der Waals surface area contributed by atoms with Crippen LogP contribution in [0.15, 0.2) is 47.8 Å². The Bertz CT molecular complexity index is 594. The summed E-state index contributed by atoms with van der Waals surface area (Å²) < 4.78 is 5.64. The van der Waals surface area contributed by atoms with E-state index in [-0.39, 0.29) is 5.84 Å². The highest BCUT2D eigenvalue weighted by Crippen LogP contribution is 2.20. The van der Waals surface area contributed by atoms with Gasteiger partial charge in [0, 0.05) is 17.8 Å². The highest BCUT2D eigenvalue weighted by atomic mass is 16.5. The van der Waals surface area contributed by atoms with Gasteiger partial charge in [-0.25, -0.2) is 4.98 Å². The second-order valence-electron chi connectivity index (χ2n) is 4.36. The van der Waals surface area contributed by atoms with Crippen molar-refractivity contribution < 1.29 is 9.94 Å². The first-order valence-electron chi connectivity index (χ1n) is 6.43. The number of amidine groups is 1. The average Bonchev–Trinajstić information content (AvgIpc) is 2.49. The van der Waals surface area contributed by atoms with Gasteiger partial charge >= 0.3 is 0 Å². The molecule has 0 atom stereocenters. The molecule has 0 bridgehead atoms. The van der Waals surface area contributed by atoms with Gasteiger partial charge in [0.2, 0.25) is 5.88 Å². The van der Waals surface area contributed by atoms with Crippen molar-refractivity contribution in [3.8, 4) is 11.6 Å². The largest absolute Gasteiger partial charge is 0.439 e. The quantitative estimate of drug-likeness (QED) is 0.379. The zero-order chi connectivity index (χ0) is 14.4. The summed E-state index contributed by atoms with van der Waals surface area (Å²) in [4.78, 5) is 4.10. The molecule has 20 heavy (non-hydrogen) atoms. The van der Waals surface area contributed by atoms with Gasteiger partial charge in [-0.1, -0.05) is 30.6 Å². The number of aryl methyl sites for hydroxylation is 1. The lowest BCUT2D eigenvalue weighted by molar-refractivity contribution is 0.318. The molecule has 0 radical (unpaired) electrons. The molecular weight excluding hydrogens is 254 g/mol. The zero-order valence-electron chi connectivity index (χ0n) is 11.3. The maximum atomic E-state index is 8.65. The summed E-state index contributed by atoms with van der Waals surface area (Å²) in [6.45, 7) is 2.15. The lowest BCUT2D eigenvalue weighted by Crippen LogP contribution is -2.13. The molecule has 0 saturated carbocycles. The van der Waals surface area contributed by atoms with Crippen LogP contribution in [0.4, 0.5) is 0 Å². The Morgan fingerprint density at radius 3 is 2.70 bits per heavy atom. The fourth-order valence-electron chi connectivity index (χ4n) is 1.82. The van der Waals surface area contributed by atoms with Gasteiger partial charge in [0.25, 0.3) is 0 Å². The molecule has 0 aliphatic rings. The molecule has 0 aliphatic heterocycles. The van der Waals surface area contributed by atoms with Crippen molar-refractivity contribution in [2.75, 3.05) is 0 Å². The number of oxime groups is 1. The molecule has 0 fully saturated rings. The molecule has 0 saturated heterocycles. The van der Waals surface area contributed by atoms with Gasteiger partial charge in [0.05, 0.1) is 0 Å². The summed E-state index contributed by atoms with van der Waals surface area (Å²) in [5.41, 5.74) is 7.36. The molecule has 1 aromatic heterocycles. The van der Waals surface area contributed by atoms with Gasteiger partial charge in [-0.2, -0.15) is 0 Å². The Balaban J connectivity index is 2.13. The summed E-state index contributed by atoms with van der Waals surface area (Å²) in [6, 6.07) is 11.1. The monoisotopic (exact) mass is 271 g/mol. The first-order valence-corrected chi connectivity index (χ1v) is 6.43. The van der Waals surface area contributed by atoms with E-state index in [4.69, 9.17) is 15.7 Å². The lowest BCUT2D eigenvalue weighted by atomic mass is 10.1. The number of hydrogen-bond acceptors (Lipinski definition) is 4. The highest BCUT2D eigenvalue weighted by molar-refractivity contribution is 5.97. The van der Waals surface area contributed by atoms with Crippen LogP contribution < -0.4 is 10.5 Å². The van der Waals surface area contributed by atoms with Gasteiger partial charge in [0.1, 0.15) is 5.75 Å². The molecule has 5 heteroatoms. The van der Waals surface area contributed by atoms with E-state index in [0.29, 0.717) is 17.2 Å². The van der Waals surface area contributed by atoms with E-state index in [1.165, 1.54) is 5.56 Å². The van der Waals surface area contributed by atoms with Crippen molar-refractivity contribution in [3.05, 3.63) is 53.7 Å². The predicted octanol–water partition coefficient (Wildman–Crippen LogP) is 2.92. The number of rotatable bonds is 5. The molecule has 0 unspecified atom stereocenters. The van der Waals surface area contributed by atoms with Crippen LogP contribution in [0.5, 0.6) is 11.6 Å². The van der Waals surface area contributed by atoms with Crippen LogP contribution in [-0.4, -0.2) is 16.0 Å². The summed E-state index contributed by atoms with van der Waals surface area (Å²) in [6.07, 6.45) is 3.72. The number of nitrogens with two attached hydrogens (primary N) is 1. The van der Waals surface area contributed by atoms with Crippen molar-refractivity contribution in [1.82, 2.24) is 4.98 Å². The highest BCUT2D eigenvalue weighted by Gasteiger charge is 2.04. The number of aromatic nitrogens is 1. The van der Waals surface area contributed by atoms with Crippen LogP contribution in [0.25, 0.3) is 0 Å². The van der Waals surface area contributed by atoms with Crippen molar-refractivity contribution in [3.63, 3.8) is 0 Å². The topological polar surface area (TPSA) is 80.7 Å². The first kappa shape index (κ1) is 13.9. The van der Waals surface area contributed by atoms with E-state index in [1.54, 1.807) is 18.3 Å². The number of pyridine rings is 1. The fourth-order valence-corrected chi connectivity index (χ4v) is 1.82. The third kappa shape index (κ3) is 3.47. The Morgan fingerprint density at radius 1 is 1.30 bits per heavy atom. The van der Waals surface area contributed by atoms with Gasteiger partial charge in [-0.15, -0.1) is 0 Å². The van der Waals surface area contributed by atoms with E-state index in [0.717, 1.165) is 12.8 Å². The van der Waals surface area contributed by atoms with Crippen LogP contribution in [0.2, 0.25) is 0 Å². The summed E-state index contributed by atoms with van der Waals surface area (Å²) in [5, 5.41) is 11.6. The van der Waals surface area contributed by atoms with Gasteiger partial charge in [-0.05, 0) is 30.2 Å². The molecule has 0 aliphatic carbocycles. The minimum Gasteiger partial charge on any atom is -0.439 e. The third-order valence-corrected chi connectivity index (χ3v) is 2.82. The maximum Gasteiger partial charge on any atom is 0.219 e. The summed E-state index contributed by atoms with van der Waals surface area (Å²) in [5.74, 6) is 1.13. The molecule has 104 valence electrons. The third-order valence-electron chi connectivity index (χ3n) is 2.82. The molecule has 2 aromatic rings. The number of ether oxygens (including phenoxy) is 1. The Labute approximate surface area is 117 Å². The van der Waals surface area contributed by atoms with Crippen molar-refractivity contribution >= 4 is 5.84 Å². The van der Waals surface area contributed by atoms with Crippen LogP contribution in [0, 0.1) is 0 Å². The smallest absolute Gasteiger partial charge is 0.219 e. The summed E-state index contributed by atoms with van der Waals surface area (Å²) >= 11 is 0. The lowest BCUT2D eigenvalue weighted by Gasteiger charge is -2.07. The first-order chi connectivity index (χ1) is 9.72. The van der Waals surface area contributed by atoms with E-state index in [2.05, 4.69) is 17.1 Å². The Hall–Kier alpha value is -2.56. The van der Waals surface area contributed by atoms with E-state index >= 15 is 0 Å². The van der Waals surface area contributed by atoms with E-state index in [9.17, 15) is 0 Å². The van der Waals surface area contributed by atoms with Crippen molar-refractivity contribution in [2.24, 2.45) is 10.9 Å². The Kier molecular flexibility index (Phi) is 4.55. The SMILES string of the molecule is CCCc1ccc(Oc2cc(C(N)=NO)ccn2)cc1. The molecule has 1 aromatic carbocycles. The zero-order valence-corrected chi connectivity index (χ0v) is 11.3. The van der Waals surface area contributed by atoms with Crippen LogP contribution >= 0.6 is 0 Å². The summed E-state index contributed by atoms with van der Waals surface area (Å²) in [7, 11) is 0. The normalized spacial score (nSPS) is 11.3. The second-order valence-corrected chi connectivity index (χ2v) is 4.36. The van der Waals surface area contributed by atoms with E-state index < -0.39 is 0 Å². The second kappa shape index (κ2) is 6.56. The molecular formula is C15H17N3O2. The number of nitrogens with zero attached hydrogens (tertiary/aromatic N) is 2. The molecule has 5 nitrogen and oxygen atoms in total. The average molecular weight is 271 g/mol. The van der Waals surface area contributed by atoms with Crippen molar-refractivity contribution in [2.45, 2.75) is 19.8 Å². The van der Waals surface area contributed by atoms with E-state index in [1.807, 2.05) is 24.3 Å². The Morgan fingerprint density at radius 2 is 2.05 bits per heavy atom. The van der Waals surface area contributed by atoms with Gasteiger partial charge in [-0.3, -0.25) is 0 Å². The number of hydrogen-bond donors (Lipinski definition) is 2. The van der Waals surface area contributed by atoms with Crippen LogP contribution in [0.1, 0.15) is 24.5 Å². The number of benzene rings is 1. The minimum atomic E-state index is 0.0237. The molecule has 1 heterocycles. The van der Waals surface area contributed by atoms with Crippen molar-refractivity contribution in [1.29, 1.82) is 0 Å². The standard InChI is InChI=1S/C15H17N3O2/c1-2-3-11-4-6-13(7-5-11)20-14-10-12(8-9-17-14)15(16)18-19/h4-10,19H,2-3H2,1H3,(H2,16,18). The predicted molar refractivity (Wildman–Crippen MR) is 77.3 cm³/mol.